The van der Waals surface area contributed by atoms with Crippen LogP contribution in [0.2, 0.25) is 0 Å². The first-order valence-corrected chi connectivity index (χ1v) is 6.62. The molecule has 0 saturated heterocycles. The second-order valence-electron chi connectivity index (χ2n) is 4.47. The quantitative estimate of drug-likeness (QED) is 0.520. The van der Waals surface area contributed by atoms with Crippen molar-refractivity contribution in [2.45, 2.75) is 32.4 Å². The fraction of sp³-hybridized carbons (Fsp3) is 0.538. The molecule has 104 valence electrons. The predicted octanol–water partition coefficient (Wildman–Crippen LogP) is 0.613. The van der Waals surface area contributed by atoms with Crippen molar-refractivity contribution in [3.63, 3.8) is 0 Å². The number of nitrogens with one attached hydrogen (secondary N) is 3. The number of furan rings is 1. The van der Waals surface area contributed by atoms with Crippen molar-refractivity contribution in [1.29, 1.82) is 0 Å². The second-order valence-corrected chi connectivity index (χ2v) is 4.47. The molecule has 1 aliphatic rings. The Morgan fingerprint density at radius 3 is 2.95 bits per heavy atom. The molecule has 0 aliphatic heterocycles. The van der Waals surface area contributed by atoms with Crippen molar-refractivity contribution >= 4 is 11.9 Å². The van der Waals surface area contributed by atoms with Crippen LogP contribution < -0.4 is 16.0 Å². The van der Waals surface area contributed by atoms with E-state index in [2.05, 4.69) is 20.9 Å². The minimum Gasteiger partial charge on any atom is -0.467 e. The number of carbonyl (C=O) groups is 1. The number of hydrogen-bond donors (Lipinski definition) is 3. The highest BCUT2D eigenvalue weighted by molar-refractivity contribution is 5.85. The standard InChI is InChI=1S/C13H20N4O2/c1-2-14-13(15-8-11-4-3-7-19-11)16-9-12(18)17-10-5-6-10/h3-4,7,10H,2,5-6,8-9H2,1H3,(H,17,18)(H2,14,15,16). The number of nitrogens with zero attached hydrogens (tertiary/aromatic N) is 1. The smallest absolute Gasteiger partial charge is 0.242 e. The molecule has 3 N–H and O–H groups in total. The van der Waals surface area contributed by atoms with Crippen molar-refractivity contribution in [1.82, 2.24) is 16.0 Å². The molecule has 1 amide bonds. The number of rotatable bonds is 6. The monoisotopic (exact) mass is 264 g/mol. The van der Waals surface area contributed by atoms with Gasteiger partial charge in [0.2, 0.25) is 5.91 Å². The van der Waals surface area contributed by atoms with Crippen molar-refractivity contribution in [2.75, 3.05) is 13.1 Å². The van der Waals surface area contributed by atoms with E-state index in [1.165, 1.54) is 0 Å². The molecule has 1 aromatic heterocycles. The lowest BCUT2D eigenvalue weighted by molar-refractivity contribution is -0.119. The van der Waals surface area contributed by atoms with Gasteiger partial charge in [-0.1, -0.05) is 0 Å². The average molecular weight is 264 g/mol. The third kappa shape index (κ3) is 5.03. The normalized spacial score (nSPS) is 15.1. The molecule has 0 unspecified atom stereocenters. The van der Waals surface area contributed by atoms with Gasteiger partial charge < -0.3 is 20.4 Å². The molecule has 1 aromatic rings. The summed E-state index contributed by atoms with van der Waals surface area (Å²) in [7, 11) is 0. The third-order valence-corrected chi connectivity index (χ3v) is 2.68. The van der Waals surface area contributed by atoms with E-state index in [4.69, 9.17) is 4.42 Å². The summed E-state index contributed by atoms with van der Waals surface area (Å²) in [4.78, 5) is 15.8. The summed E-state index contributed by atoms with van der Waals surface area (Å²) in [6.07, 6.45) is 3.81. The Kier molecular flexibility index (Phi) is 4.83. The van der Waals surface area contributed by atoms with Gasteiger partial charge in [-0.3, -0.25) is 4.79 Å². The minimum atomic E-state index is -0.0299. The third-order valence-electron chi connectivity index (χ3n) is 2.68. The Balaban J connectivity index is 1.77. The van der Waals surface area contributed by atoms with Crippen LogP contribution in [0.4, 0.5) is 0 Å². The molecule has 0 spiro atoms. The van der Waals surface area contributed by atoms with Crippen LogP contribution in [-0.4, -0.2) is 31.0 Å². The zero-order chi connectivity index (χ0) is 13.5. The molecular formula is C13H20N4O2. The summed E-state index contributed by atoms with van der Waals surface area (Å²) in [6.45, 7) is 3.41. The van der Waals surface area contributed by atoms with Crippen LogP contribution in [0.25, 0.3) is 0 Å². The van der Waals surface area contributed by atoms with Gasteiger partial charge in [0, 0.05) is 12.6 Å². The Morgan fingerprint density at radius 1 is 1.47 bits per heavy atom. The molecule has 1 aliphatic carbocycles. The summed E-state index contributed by atoms with van der Waals surface area (Å²) in [5, 5.41) is 9.10. The van der Waals surface area contributed by atoms with Gasteiger partial charge in [0.05, 0.1) is 12.8 Å². The molecule has 0 aromatic carbocycles. The average Bonchev–Trinajstić information content (AvgIpc) is 3.05. The molecule has 19 heavy (non-hydrogen) atoms. The van der Waals surface area contributed by atoms with Crippen LogP contribution in [0, 0.1) is 0 Å². The van der Waals surface area contributed by atoms with Crippen molar-refractivity contribution < 1.29 is 9.21 Å². The highest BCUT2D eigenvalue weighted by atomic mass is 16.3. The number of amides is 1. The summed E-state index contributed by atoms with van der Waals surface area (Å²) < 4.78 is 5.22. The molecule has 1 saturated carbocycles. The molecule has 2 rings (SSSR count). The molecule has 0 atom stereocenters. The fourth-order valence-corrected chi connectivity index (χ4v) is 1.58. The van der Waals surface area contributed by atoms with Crippen LogP contribution in [0.5, 0.6) is 0 Å². The number of guanidine groups is 1. The van der Waals surface area contributed by atoms with Gasteiger partial charge in [-0.15, -0.1) is 0 Å². The van der Waals surface area contributed by atoms with Crippen molar-refractivity contribution in [2.24, 2.45) is 4.99 Å². The van der Waals surface area contributed by atoms with Crippen LogP contribution in [0.1, 0.15) is 25.5 Å². The van der Waals surface area contributed by atoms with E-state index in [0.29, 0.717) is 18.5 Å². The SMILES string of the molecule is CCNC(=NCC(=O)NC1CC1)NCc1ccco1. The maximum absolute atomic E-state index is 11.5. The fourth-order valence-electron chi connectivity index (χ4n) is 1.58. The largest absolute Gasteiger partial charge is 0.467 e. The Labute approximate surface area is 112 Å². The summed E-state index contributed by atoms with van der Waals surface area (Å²) in [5.74, 6) is 1.41. The highest BCUT2D eigenvalue weighted by Gasteiger charge is 2.22. The first kappa shape index (κ1) is 13.5. The number of aliphatic imine (C=N–C) groups is 1. The maximum atomic E-state index is 11.5. The van der Waals surface area contributed by atoms with Crippen LogP contribution >= 0.6 is 0 Å². The first-order chi connectivity index (χ1) is 9.28. The van der Waals surface area contributed by atoms with E-state index >= 15 is 0 Å². The summed E-state index contributed by atoms with van der Waals surface area (Å²) in [6, 6.07) is 4.10. The van der Waals surface area contributed by atoms with Gasteiger partial charge in [0.25, 0.3) is 0 Å². The lowest BCUT2D eigenvalue weighted by Gasteiger charge is -2.10. The van der Waals surface area contributed by atoms with Gasteiger partial charge in [-0.25, -0.2) is 4.99 Å². The van der Waals surface area contributed by atoms with Gasteiger partial charge in [0.15, 0.2) is 5.96 Å². The Bertz CT molecular complexity index is 424. The summed E-state index contributed by atoms with van der Waals surface area (Å²) >= 11 is 0. The molecule has 1 heterocycles. The second kappa shape index (κ2) is 6.82. The van der Waals surface area contributed by atoms with Gasteiger partial charge in [-0.2, -0.15) is 0 Å². The van der Waals surface area contributed by atoms with E-state index in [0.717, 1.165) is 25.1 Å². The molecule has 1 fully saturated rings. The number of hydrogen-bond acceptors (Lipinski definition) is 3. The van der Waals surface area contributed by atoms with Gasteiger partial charge in [-0.05, 0) is 31.9 Å². The molecular weight excluding hydrogens is 244 g/mol. The van der Waals surface area contributed by atoms with E-state index in [-0.39, 0.29) is 12.5 Å². The van der Waals surface area contributed by atoms with Crippen LogP contribution in [0.15, 0.2) is 27.8 Å². The Hall–Kier alpha value is -1.98. The lowest BCUT2D eigenvalue weighted by atomic mass is 10.4. The highest BCUT2D eigenvalue weighted by Crippen LogP contribution is 2.18. The van der Waals surface area contributed by atoms with Crippen LogP contribution in [0.3, 0.4) is 0 Å². The molecule has 0 radical (unpaired) electrons. The maximum Gasteiger partial charge on any atom is 0.242 e. The molecule has 6 heteroatoms. The zero-order valence-electron chi connectivity index (χ0n) is 11.1. The van der Waals surface area contributed by atoms with E-state index in [1.807, 2.05) is 19.1 Å². The molecule has 6 nitrogen and oxygen atoms in total. The summed E-state index contributed by atoms with van der Waals surface area (Å²) in [5.41, 5.74) is 0. The molecule has 0 bridgehead atoms. The van der Waals surface area contributed by atoms with Gasteiger partial charge >= 0.3 is 0 Å². The topological polar surface area (TPSA) is 78.7 Å². The van der Waals surface area contributed by atoms with Crippen LogP contribution in [-0.2, 0) is 11.3 Å². The number of carbonyl (C=O) groups excluding carboxylic acids is 1. The zero-order valence-corrected chi connectivity index (χ0v) is 11.1. The van der Waals surface area contributed by atoms with Gasteiger partial charge in [0.1, 0.15) is 12.3 Å². The van der Waals surface area contributed by atoms with E-state index in [9.17, 15) is 4.79 Å². The minimum absolute atomic E-state index is 0.0299. The lowest BCUT2D eigenvalue weighted by Crippen LogP contribution is -2.38. The first-order valence-electron chi connectivity index (χ1n) is 6.62. The van der Waals surface area contributed by atoms with Crippen molar-refractivity contribution in [3.05, 3.63) is 24.2 Å². The Morgan fingerprint density at radius 2 is 2.32 bits per heavy atom. The van der Waals surface area contributed by atoms with Crippen molar-refractivity contribution in [3.8, 4) is 0 Å². The van der Waals surface area contributed by atoms with E-state index in [1.54, 1.807) is 6.26 Å². The predicted molar refractivity (Wildman–Crippen MR) is 72.7 cm³/mol. The van der Waals surface area contributed by atoms with E-state index < -0.39 is 0 Å².